The first kappa shape index (κ1) is 14.4. The minimum Gasteiger partial charge on any atom is -0.469 e. The molecule has 0 aliphatic rings. The third-order valence-electron chi connectivity index (χ3n) is 2.91. The molecule has 1 aromatic carbocycles. The Morgan fingerprint density at radius 1 is 1.32 bits per heavy atom. The average Bonchev–Trinajstić information content (AvgIpc) is 2.86. The lowest BCUT2D eigenvalue weighted by Crippen LogP contribution is -2.21. The Hall–Kier alpha value is -1.03. The summed E-state index contributed by atoms with van der Waals surface area (Å²) in [7, 11) is 0. The summed E-state index contributed by atoms with van der Waals surface area (Å²) in [5.74, 6) is 0.453. The first-order valence-corrected chi connectivity index (χ1v) is 6.73. The molecular formula is C14H14Cl2FNO. The van der Waals surface area contributed by atoms with E-state index in [1.807, 2.05) is 19.1 Å². The molecule has 2 rings (SSSR count). The molecule has 102 valence electrons. The highest BCUT2D eigenvalue weighted by molar-refractivity contribution is 6.35. The van der Waals surface area contributed by atoms with Gasteiger partial charge in [0.05, 0.1) is 11.3 Å². The van der Waals surface area contributed by atoms with E-state index in [0.717, 1.165) is 18.7 Å². The van der Waals surface area contributed by atoms with E-state index in [4.69, 9.17) is 27.6 Å². The SMILES string of the molecule is CC(NCCc1ccco1)c1cc(F)c(Cl)cc1Cl. The van der Waals surface area contributed by atoms with Gasteiger partial charge in [0.1, 0.15) is 11.6 Å². The summed E-state index contributed by atoms with van der Waals surface area (Å²) < 4.78 is 18.7. The van der Waals surface area contributed by atoms with Crippen molar-refractivity contribution in [3.63, 3.8) is 0 Å². The molecule has 2 aromatic rings. The second kappa shape index (κ2) is 6.42. The van der Waals surface area contributed by atoms with Crippen LogP contribution in [-0.2, 0) is 6.42 Å². The second-order valence-electron chi connectivity index (χ2n) is 4.29. The Morgan fingerprint density at radius 3 is 2.79 bits per heavy atom. The number of benzene rings is 1. The minimum absolute atomic E-state index is 0.0385. The molecule has 0 fully saturated rings. The Kier molecular flexibility index (Phi) is 4.86. The van der Waals surface area contributed by atoms with Gasteiger partial charge in [-0.2, -0.15) is 0 Å². The molecule has 0 saturated heterocycles. The Morgan fingerprint density at radius 2 is 2.11 bits per heavy atom. The van der Waals surface area contributed by atoms with Crippen LogP contribution < -0.4 is 5.32 Å². The summed E-state index contributed by atoms with van der Waals surface area (Å²) in [5.41, 5.74) is 0.697. The first-order valence-electron chi connectivity index (χ1n) is 5.98. The summed E-state index contributed by atoms with van der Waals surface area (Å²) >= 11 is 11.7. The molecule has 0 radical (unpaired) electrons. The van der Waals surface area contributed by atoms with Crippen molar-refractivity contribution in [2.75, 3.05) is 6.54 Å². The summed E-state index contributed by atoms with van der Waals surface area (Å²) in [6.07, 6.45) is 2.41. The molecule has 5 heteroatoms. The molecule has 0 spiro atoms. The highest BCUT2D eigenvalue weighted by atomic mass is 35.5. The van der Waals surface area contributed by atoms with Gasteiger partial charge in [-0.25, -0.2) is 4.39 Å². The van der Waals surface area contributed by atoms with Crippen LogP contribution in [0.2, 0.25) is 10.0 Å². The monoisotopic (exact) mass is 301 g/mol. The van der Waals surface area contributed by atoms with Gasteiger partial charge in [0.25, 0.3) is 0 Å². The lowest BCUT2D eigenvalue weighted by atomic mass is 10.1. The maximum atomic E-state index is 13.4. The van der Waals surface area contributed by atoms with Crippen molar-refractivity contribution in [2.24, 2.45) is 0 Å². The van der Waals surface area contributed by atoms with Crippen molar-refractivity contribution in [2.45, 2.75) is 19.4 Å². The molecule has 0 amide bonds. The van der Waals surface area contributed by atoms with E-state index in [-0.39, 0.29) is 11.1 Å². The van der Waals surface area contributed by atoms with Crippen LogP contribution in [0.3, 0.4) is 0 Å². The minimum atomic E-state index is -0.458. The molecule has 19 heavy (non-hydrogen) atoms. The van der Waals surface area contributed by atoms with Gasteiger partial charge in [-0.1, -0.05) is 23.2 Å². The van der Waals surface area contributed by atoms with Crippen LogP contribution in [0.4, 0.5) is 4.39 Å². The third-order valence-corrected chi connectivity index (χ3v) is 3.53. The van der Waals surface area contributed by atoms with E-state index in [9.17, 15) is 4.39 Å². The number of halogens is 3. The van der Waals surface area contributed by atoms with Gasteiger partial charge in [-0.05, 0) is 36.8 Å². The Labute approximate surface area is 121 Å². The zero-order chi connectivity index (χ0) is 13.8. The van der Waals surface area contributed by atoms with Crippen molar-refractivity contribution in [1.82, 2.24) is 5.32 Å². The van der Waals surface area contributed by atoms with Crippen LogP contribution in [0.5, 0.6) is 0 Å². The fourth-order valence-corrected chi connectivity index (χ4v) is 2.39. The molecule has 0 bridgehead atoms. The van der Waals surface area contributed by atoms with Gasteiger partial charge in [0, 0.05) is 24.0 Å². The summed E-state index contributed by atoms with van der Waals surface area (Å²) in [6.45, 7) is 2.64. The summed E-state index contributed by atoms with van der Waals surface area (Å²) in [5, 5.41) is 3.77. The normalized spacial score (nSPS) is 12.6. The number of hydrogen-bond donors (Lipinski definition) is 1. The lowest BCUT2D eigenvalue weighted by molar-refractivity contribution is 0.485. The molecule has 0 aliphatic heterocycles. The van der Waals surface area contributed by atoms with Crippen molar-refractivity contribution in [3.05, 3.63) is 57.7 Å². The smallest absolute Gasteiger partial charge is 0.142 e. The molecule has 2 nitrogen and oxygen atoms in total. The van der Waals surface area contributed by atoms with Crippen LogP contribution in [0.25, 0.3) is 0 Å². The second-order valence-corrected chi connectivity index (χ2v) is 5.11. The topological polar surface area (TPSA) is 25.2 Å². The van der Waals surface area contributed by atoms with Crippen LogP contribution in [0, 0.1) is 5.82 Å². The fraction of sp³-hybridized carbons (Fsp3) is 0.286. The average molecular weight is 302 g/mol. The predicted octanol–water partition coefficient (Wildman–Crippen LogP) is 4.62. The van der Waals surface area contributed by atoms with Crippen molar-refractivity contribution < 1.29 is 8.81 Å². The molecule has 1 unspecified atom stereocenters. The van der Waals surface area contributed by atoms with Gasteiger partial charge in [-0.15, -0.1) is 0 Å². The van der Waals surface area contributed by atoms with Crippen LogP contribution >= 0.6 is 23.2 Å². The Balaban J connectivity index is 1.96. The maximum absolute atomic E-state index is 13.4. The third kappa shape index (κ3) is 3.72. The lowest BCUT2D eigenvalue weighted by Gasteiger charge is -2.16. The predicted molar refractivity (Wildman–Crippen MR) is 75.2 cm³/mol. The number of hydrogen-bond acceptors (Lipinski definition) is 2. The van der Waals surface area contributed by atoms with Crippen LogP contribution in [0.1, 0.15) is 24.3 Å². The molecule has 1 atom stereocenters. The fourth-order valence-electron chi connectivity index (χ4n) is 1.85. The van der Waals surface area contributed by atoms with Gasteiger partial charge in [-0.3, -0.25) is 0 Å². The number of furan rings is 1. The van der Waals surface area contributed by atoms with Crippen LogP contribution in [0.15, 0.2) is 34.9 Å². The number of nitrogens with one attached hydrogen (secondary N) is 1. The number of rotatable bonds is 5. The van der Waals surface area contributed by atoms with Crippen molar-refractivity contribution in [3.8, 4) is 0 Å². The van der Waals surface area contributed by atoms with Gasteiger partial charge in [0.2, 0.25) is 0 Å². The summed E-state index contributed by atoms with van der Waals surface area (Å²) in [6, 6.07) is 6.51. The largest absolute Gasteiger partial charge is 0.469 e. The molecule has 1 aromatic heterocycles. The van der Waals surface area contributed by atoms with E-state index in [1.54, 1.807) is 6.26 Å². The molecule has 1 heterocycles. The highest BCUT2D eigenvalue weighted by Gasteiger charge is 2.13. The molecule has 1 N–H and O–H groups in total. The molecular weight excluding hydrogens is 288 g/mol. The quantitative estimate of drug-likeness (QED) is 0.815. The maximum Gasteiger partial charge on any atom is 0.142 e. The zero-order valence-corrected chi connectivity index (χ0v) is 11.9. The zero-order valence-electron chi connectivity index (χ0n) is 10.4. The van der Waals surface area contributed by atoms with Crippen molar-refractivity contribution >= 4 is 23.2 Å². The van der Waals surface area contributed by atoms with E-state index in [2.05, 4.69) is 5.32 Å². The van der Waals surface area contributed by atoms with E-state index < -0.39 is 5.82 Å². The summed E-state index contributed by atoms with van der Waals surface area (Å²) in [4.78, 5) is 0. The van der Waals surface area contributed by atoms with Crippen LogP contribution in [-0.4, -0.2) is 6.54 Å². The molecule has 0 saturated carbocycles. The van der Waals surface area contributed by atoms with E-state index in [0.29, 0.717) is 10.6 Å². The van der Waals surface area contributed by atoms with E-state index in [1.165, 1.54) is 12.1 Å². The highest BCUT2D eigenvalue weighted by Crippen LogP contribution is 2.28. The van der Waals surface area contributed by atoms with Gasteiger partial charge >= 0.3 is 0 Å². The Bertz CT molecular complexity index is 543. The standard InChI is InChI=1S/C14H14Cl2FNO/c1-9(18-5-4-10-3-2-6-19-10)11-7-14(17)13(16)8-12(11)15/h2-3,6-9,18H,4-5H2,1H3. The van der Waals surface area contributed by atoms with Gasteiger partial charge in [0.15, 0.2) is 0 Å². The van der Waals surface area contributed by atoms with Gasteiger partial charge < -0.3 is 9.73 Å². The van der Waals surface area contributed by atoms with E-state index >= 15 is 0 Å². The molecule has 0 aliphatic carbocycles. The van der Waals surface area contributed by atoms with Crippen molar-refractivity contribution in [1.29, 1.82) is 0 Å². The first-order chi connectivity index (χ1) is 9.08.